The largest absolute Gasteiger partial charge is 0.326 e. The van der Waals surface area contributed by atoms with Crippen LogP contribution in [0.15, 0.2) is 78.9 Å². The van der Waals surface area contributed by atoms with Crippen LogP contribution in [-0.2, 0) is 9.59 Å². The highest BCUT2D eigenvalue weighted by Gasteiger charge is 2.23. The molecule has 3 aromatic carbocycles. The molecule has 0 aliphatic heterocycles. The van der Waals surface area contributed by atoms with Gasteiger partial charge in [0, 0.05) is 12.6 Å². The standard InChI is InChI=1S/C22H19ClN2O2/c1-15(26)24-18-12-13-19(23)20(14-18)25-22(27)21(16-8-4-2-5-9-16)17-10-6-3-7-11-17/h2-14,21H,1H3,(H,24,26)(H,25,27). The molecular formula is C22H19ClN2O2. The van der Waals surface area contributed by atoms with Gasteiger partial charge in [-0.1, -0.05) is 72.3 Å². The molecule has 0 atom stereocenters. The Labute approximate surface area is 163 Å². The van der Waals surface area contributed by atoms with Gasteiger partial charge in [0.2, 0.25) is 11.8 Å². The molecule has 4 nitrogen and oxygen atoms in total. The number of hydrogen-bond acceptors (Lipinski definition) is 2. The SMILES string of the molecule is CC(=O)Nc1ccc(Cl)c(NC(=O)C(c2ccccc2)c2ccccc2)c1. The Morgan fingerprint density at radius 2 is 1.37 bits per heavy atom. The fraction of sp³-hybridized carbons (Fsp3) is 0.0909. The molecule has 0 saturated heterocycles. The minimum absolute atomic E-state index is 0.193. The third-order valence-electron chi connectivity index (χ3n) is 4.07. The number of halogens is 1. The van der Waals surface area contributed by atoms with Crippen molar-refractivity contribution in [1.29, 1.82) is 0 Å². The summed E-state index contributed by atoms with van der Waals surface area (Å²) < 4.78 is 0. The number of rotatable bonds is 5. The second-order valence-electron chi connectivity index (χ2n) is 6.12. The summed E-state index contributed by atoms with van der Waals surface area (Å²) in [5.41, 5.74) is 2.79. The van der Waals surface area contributed by atoms with Crippen molar-refractivity contribution in [3.8, 4) is 0 Å². The quantitative estimate of drug-likeness (QED) is 0.651. The van der Waals surface area contributed by atoms with Gasteiger partial charge < -0.3 is 10.6 Å². The fourth-order valence-corrected chi connectivity index (χ4v) is 3.06. The minimum atomic E-state index is -0.479. The van der Waals surface area contributed by atoms with E-state index in [1.54, 1.807) is 18.2 Å². The summed E-state index contributed by atoms with van der Waals surface area (Å²) in [5, 5.41) is 5.99. The van der Waals surface area contributed by atoms with Crippen LogP contribution in [0.4, 0.5) is 11.4 Å². The van der Waals surface area contributed by atoms with Crippen LogP contribution in [0.5, 0.6) is 0 Å². The molecule has 0 aromatic heterocycles. The molecular weight excluding hydrogens is 360 g/mol. The summed E-state index contributed by atoms with van der Waals surface area (Å²) in [7, 11) is 0. The highest BCUT2D eigenvalue weighted by atomic mass is 35.5. The van der Waals surface area contributed by atoms with Crippen LogP contribution in [-0.4, -0.2) is 11.8 Å². The second-order valence-corrected chi connectivity index (χ2v) is 6.53. The van der Waals surface area contributed by atoms with Crippen LogP contribution in [0.25, 0.3) is 0 Å². The summed E-state index contributed by atoms with van der Waals surface area (Å²) in [6.07, 6.45) is 0. The van der Waals surface area contributed by atoms with E-state index in [4.69, 9.17) is 11.6 Å². The molecule has 0 fully saturated rings. The van der Waals surface area contributed by atoms with Crippen molar-refractivity contribution in [2.45, 2.75) is 12.8 Å². The van der Waals surface area contributed by atoms with Crippen molar-refractivity contribution in [1.82, 2.24) is 0 Å². The minimum Gasteiger partial charge on any atom is -0.326 e. The van der Waals surface area contributed by atoms with Crippen molar-refractivity contribution < 1.29 is 9.59 Å². The molecule has 0 heterocycles. The van der Waals surface area contributed by atoms with Crippen molar-refractivity contribution in [2.24, 2.45) is 0 Å². The van der Waals surface area contributed by atoms with E-state index in [1.165, 1.54) is 6.92 Å². The lowest BCUT2D eigenvalue weighted by molar-refractivity contribution is -0.117. The zero-order valence-electron chi connectivity index (χ0n) is 14.8. The molecule has 3 aromatic rings. The summed E-state index contributed by atoms with van der Waals surface area (Å²) >= 11 is 6.25. The summed E-state index contributed by atoms with van der Waals surface area (Å²) in [6.45, 7) is 1.42. The summed E-state index contributed by atoms with van der Waals surface area (Å²) in [6, 6.07) is 24.1. The van der Waals surface area contributed by atoms with Gasteiger partial charge >= 0.3 is 0 Å². The first-order valence-electron chi connectivity index (χ1n) is 8.52. The molecule has 2 amide bonds. The average molecular weight is 379 g/mol. The number of anilines is 2. The van der Waals surface area contributed by atoms with E-state index in [1.807, 2.05) is 60.7 Å². The first-order chi connectivity index (χ1) is 13.0. The molecule has 0 radical (unpaired) electrons. The predicted octanol–water partition coefficient (Wildman–Crippen LogP) is 5.07. The highest BCUT2D eigenvalue weighted by Crippen LogP contribution is 2.30. The van der Waals surface area contributed by atoms with Crippen LogP contribution in [0, 0.1) is 0 Å². The van der Waals surface area contributed by atoms with Gasteiger partial charge in [-0.3, -0.25) is 9.59 Å². The predicted molar refractivity (Wildman–Crippen MR) is 109 cm³/mol. The van der Waals surface area contributed by atoms with Crippen LogP contribution in [0.3, 0.4) is 0 Å². The highest BCUT2D eigenvalue weighted by molar-refractivity contribution is 6.34. The van der Waals surface area contributed by atoms with Crippen molar-refractivity contribution >= 4 is 34.8 Å². The van der Waals surface area contributed by atoms with Gasteiger partial charge in [-0.2, -0.15) is 0 Å². The van der Waals surface area contributed by atoms with Gasteiger partial charge in [-0.15, -0.1) is 0 Å². The summed E-state index contributed by atoms with van der Waals surface area (Å²) in [5.74, 6) is -0.872. The topological polar surface area (TPSA) is 58.2 Å². The maximum absolute atomic E-state index is 13.1. The molecule has 27 heavy (non-hydrogen) atoms. The molecule has 136 valence electrons. The van der Waals surface area contributed by atoms with E-state index in [0.29, 0.717) is 16.4 Å². The van der Waals surface area contributed by atoms with Gasteiger partial charge in [0.05, 0.1) is 16.6 Å². The van der Waals surface area contributed by atoms with Crippen molar-refractivity contribution in [3.05, 3.63) is 95.0 Å². The zero-order chi connectivity index (χ0) is 19.2. The second kappa shape index (κ2) is 8.52. The van der Waals surface area contributed by atoms with Crippen LogP contribution < -0.4 is 10.6 Å². The van der Waals surface area contributed by atoms with Crippen molar-refractivity contribution in [2.75, 3.05) is 10.6 Å². The van der Waals surface area contributed by atoms with Gasteiger partial charge in [-0.25, -0.2) is 0 Å². The Morgan fingerprint density at radius 3 is 1.89 bits per heavy atom. The van der Waals surface area contributed by atoms with E-state index in [9.17, 15) is 9.59 Å². The maximum Gasteiger partial charge on any atom is 0.236 e. The lowest BCUT2D eigenvalue weighted by Gasteiger charge is -2.19. The van der Waals surface area contributed by atoms with E-state index >= 15 is 0 Å². The van der Waals surface area contributed by atoms with E-state index < -0.39 is 5.92 Å². The van der Waals surface area contributed by atoms with Crippen LogP contribution >= 0.6 is 11.6 Å². The van der Waals surface area contributed by atoms with Gasteiger partial charge in [-0.05, 0) is 29.3 Å². The Morgan fingerprint density at radius 1 is 0.815 bits per heavy atom. The van der Waals surface area contributed by atoms with Crippen LogP contribution in [0.1, 0.15) is 24.0 Å². The van der Waals surface area contributed by atoms with Crippen LogP contribution in [0.2, 0.25) is 5.02 Å². The molecule has 0 unspecified atom stereocenters. The van der Waals surface area contributed by atoms with Gasteiger partial charge in [0.1, 0.15) is 0 Å². The number of nitrogens with one attached hydrogen (secondary N) is 2. The van der Waals surface area contributed by atoms with E-state index in [0.717, 1.165) is 11.1 Å². The van der Waals surface area contributed by atoms with Gasteiger partial charge in [0.15, 0.2) is 0 Å². The Bertz CT molecular complexity index is 904. The third kappa shape index (κ3) is 4.74. The number of hydrogen-bond donors (Lipinski definition) is 2. The molecule has 0 aliphatic rings. The molecule has 3 rings (SSSR count). The Balaban J connectivity index is 1.93. The van der Waals surface area contributed by atoms with Crippen molar-refractivity contribution in [3.63, 3.8) is 0 Å². The number of amides is 2. The number of benzene rings is 3. The number of carbonyl (C=O) groups is 2. The maximum atomic E-state index is 13.1. The molecule has 0 aliphatic carbocycles. The first-order valence-corrected chi connectivity index (χ1v) is 8.90. The van der Waals surface area contributed by atoms with Gasteiger partial charge in [0.25, 0.3) is 0 Å². The molecule has 5 heteroatoms. The normalized spacial score (nSPS) is 10.5. The van der Waals surface area contributed by atoms with E-state index in [-0.39, 0.29) is 11.8 Å². The molecule has 0 saturated carbocycles. The molecule has 0 spiro atoms. The average Bonchev–Trinajstić information content (AvgIpc) is 2.66. The Kier molecular flexibility index (Phi) is 5.89. The smallest absolute Gasteiger partial charge is 0.236 e. The monoisotopic (exact) mass is 378 g/mol. The first kappa shape index (κ1) is 18.7. The Hall–Kier alpha value is -3.11. The summed E-state index contributed by atoms with van der Waals surface area (Å²) in [4.78, 5) is 24.4. The third-order valence-corrected chi connectivity index (χ3v) is 4.40. The number of carbonyl (C=O) groups excluding carboxylic acids is 2. The zero-order valence-corrected chi connectivity index (χ0v) is 15.5. The molecule has 2 N–H and O–H groups in total. The lowest BCUT2D eigenvalue weighted by Crippen LogP contribution is -2.22. The molecule has 0 bridgehead atoms. The fourth-order valence-electron chi connectivity index (χ4n) is 2.89. The lowest BCUT2D eigenvalue weighted by atomic mass is 9.90. The van der Waals surface area contributed by atoms with E-state index in [2.05, 4.69) is 10.6 Å².